The highest BCUT2D eigenvalue weighted by atomic mass is 16.6. The lowest BCUT2D eigenvalue weighted by Gasteiger charge is -2.28. The highest BCUT2D eigenvalue weighted by molar-refractivity contribution is 5.98. The van der Waals surface area contributed by atoms with Crippen LogP contribution in [-0.2, 0) is 14.3 Å². The van der Waals surface area contributed by atoms with Gasteiger partial charge >= 0.3 is 11.7 Å². The summed E-state index contributed by atoms with van der Waals surface area (Å²) in [6.07, 6.45) is -9.12. The molecule has 19 nitrogen and oxygen atoms in total. The van der Waals surface area contributed by atoms with Crippen molar-refractivity contribution < 1.29 is 49.7 Å². The quantitative estimate of drug-likeness (QED) is 0.101. The molecule has 3 rings (SSSR count). The van der Waals surface area contributed by atoms with Crippen LogP contribution in [0.1, 0.15) is 6.23 Å². The first-order valence-electron chi connectivity index (χ1n) is 9.81. The molecule has 2 aliphatic heterocycles. The summed E-state index contributed by atoms with van der Waals surface area (Å²) in [5.41, 5.74) is 9.45. The minimum atomic E-state index is -1.57. The smallest absolute Gasteiger partial charge is 0.354 e. The van der Waals surface area contributed by atoms with Crippen LogP contribution in [0.4, 0.5) is 10.7 Å². The molecule has 2 aliphatic rings. The Bertz CT molecular complexity index is 964. The number of nitrogens with one attached hydrogen (secondary N) is 2. The predicted molar refractivity (Wildman–Crippen MR) is 110 cm³/mol. The van der Waals surface area contributed by atoms with Crippen LogP contribution in [-0.4, -0.2) is 125 Å². The van der Waals surface area contributed by atoms with E-state index in [0.29, 0.717) is 4.90 Å². The minimum absolute atomic E-state index is 0.138. The molecular weight excluding hydrogens is 480 g/mol. The molecule has 0 radical (unpaired) electrons. The van der Waals surface area contributed by atoms with Gasteiger partial charge in [-0.1, -0.05) is 0 Å². The second-order valence-electron chi connectivity index (χ2n) is 7.18. The molecule has 19 heteroatoms. The zero-order chi connectivity index (χ0) is 26.4. The van der Waals surface area contributed by atoms with Crippen molar-refractivity contribution in [1.82, 2.24) is 24.8 Å². The van der Waals surface area contributed by atoms with Crippen LogP contribution in [0.15, 0.2) is 11.1 Å². The molecule has 0 aromatic carbocycles. The fraction of sp³-hybridized carbons (Fsp3) is 0.625. The molecular formula is C16H26N8O11. The summed E-state index contributed by atoms with van der Waals surface area (Å²) in [5, 5.41) is 65.3. The van der Waals surface area contributed by atoms with Crippen molar-refractivity contribution in [2.75, 3.05) is 18.9 Å². The van der Waals surface area contributed by atoms with E-state index in [-0.39, 0.29) is 12.4 Å². The Balaban J connectivity index is 0.000000247. The largest absolute Gasteiger partial charge is 0.394 e. The summed E-state index contributed by atoms with van der Waals surface area (Å²) in [6, 6.07) is -1.16. The average Bonchev–Trinajstić information content (AvgIpc) is 3.24. The maximum absolute atomic E-state index is 11.5. The van der Waals surface area contributed by atoms with Gasteiger partial charge < -0.3 is 51.6 Å². The normalized spacial score (nSPS) is 31.8. The van der Waals surface area contributed by atoms with E-state index in [0.717, 1.165) is 10.9 Å². The van der Waals surface area contributed by atoms with Crippen molar-refractivity contribution in [3.63, 3.8) is 0 Å². The molecule has 35 heavy (non-hydrogen) atoms. The molecule has 8 atom stereocenters. The summed E-state index contributed by atoms with van der Waals surface area (Å²) >= 11 is 0. The van der Waals surface area contributed by atoms with Crippen LogP contribution < -0.4 is 22.5 Å². The fourth-order valence-electron chi connectivity index (χ4n) is 3.22. The Hall–Kier alpha value is -3.30. The van der Waals surface area contributed by atoms with E-state index in [9.17, 15) is 34.8 Å². The van der Waals surface area contributed by atoms with E-state index in [1.54, 1.807) is 0 Å². The van der Waals surface area contributed by atoms with E-state index in [4.69, 9.17) is 36.6 Å². The summed E-state index contributed by atoms with van der Waals surface area (Å²) in [7, 11) is 0. The van der Waals surface area contributed by atoms with Crippen molar-refractivity contribution in [3.05, 3.63) is 16.8 Å². The Labute approximate surface area is 195 Å². The van der Waals surface area contributed by atoms with Crippen LogP contribution in [0, 0.1) is 5.41 Å². The maximum atomic E-state index is 11.5. The first kappa shape index (κ1) is 27.9. The molecule has 3 heterocycles. The third kappa shape index (κ3) is 6.04. The van der Waals surface area contributed by atoms with E-state index in [2.05, 4.69) is 9.97 Å². The average molecular weight is 506 g/mol. The molecule has 1 aromatic heterocycles. The number of hydrogen-bond acceptors (Lipinski definition) is 15. The molecule has 196 valence electrons. The van der Waals surface area contributed by atoms with Gasteiger partial charge in [0.05, 0.1) is 13.2 Å². The number of aromatic nitrogens is 3. The predicted octanol–water partition coefficient (Wildman–Crippen LogP) is -6.68. The minimum Gasteiger partial charge on any atom is -0.394 e. The summed E-state index contributed by atoms with van der Waals surface area (Å²) in [5.74, 6) is -0.912. The molecule has 3 amide bonds. The highest BCUT2D eigenvalue weighted by Gasteiger charge is 2.47. The summed E-state index contributed by atoms with van der Waals surface area (Å²) in [4.78, 5) is 40.3. The van der Waals surface area contributed by atoms with Crippen LogP contribution in [0.2, 0.25) is 0 Å². The van der Waals surface area contributed by atoms with Crippen molar-refractivity contribution in [2.24, 2.45) is 5.73 Å². The number of anilines is 1. The molecule has 12 N–H and O–H groups in total. The van der Waals surface area contributed by atoms with Crippen molar-refractivity contribution in [2.45, 2.75) is 49.1 Å². The van der Waals surface area contributed by atoms with Crippen molar-refractivity contribution in [3.8, 4) is 0 Å². The third-order valence-electron chi connectivity index (χ3n) is 4.98. The van der Waals surface area contributed by atoms with Gasteiger partial charge in [-0.15, -0.1) is 0 Å². The number of primary amides is 1. The number of guanidine groups is 1. The number of aliphatic hydroxyl groups excluding tert-OH is 6. The molecule has 2 fully saturated rings. The van der Waals surface area contributed by atoms with Gasteiger partial charge in [-0.05, 0) is 0 Å². The molecule has 0 spiro atoms. The lowest BCUT2D eigenvalue weighted by atomic mass is 10.1. The molecule has 1 unspecified atom stereocenters. The number of nitrogens with zero attached hydrogens (tertiary/aromatic N) is 4. The van der Waals surface area contributed by atoms with Crippen LogP contribution in [0.25, 0.3) is 0 Å². The topological polar surface area (TPSA) is 313 Å². The van der Waals surface area contributed by atoms with Gasteiger partial charge in [0.1, 0.15) is 43.0 Å². The first-order valence-corrected chi connectivity index (χ1v) is 9.81. The third-order valence-corrected chi connectivity index (χ3v) is 4.98. The number of hydrogen-bond donors (Lipinski definition) is 10. The van der Waals surface area contributed by atoms with Crippen molar-refractivity contribution in [1.29, 1.82) is 5.41 Å². The second kappa shape index (κ2) is 11.9. The van der Waals surface area contributed by atoms with E-state index in [1.165, 1.54) is 0 Å². The maximum Gasteiger partial charge on any atom is 0.354 e. The number of nitrogens with two attached hydrogens (primary N) is 2. The van der Waals surface area contributed by atoms with Crippen LogP contribution in [0.5, 0.6) is 0 Å². The van der Waals surface area contributed by atoms with Crippen LogP contribution in [0.3, 0.4) is 0 Å². The van der Waals surface area contributed by atoms with Gasteiger partial charge in [0.15, 0.2) is 12.5 Å². The zero-order valence-corrected chi connectivity index (χ0v) is 17.9. The first-order chi connectivity index (χ1) is 16.5. The molecule has 0 aliphatic carbocycles. The van der Waals surface area contributed by atoms with E-state index in [1.807, 2.05) is 5.32 Å². The molecule has 0 saturated carbocycles. The number of aliphatic hydroxyl groups is 6. The lowest BCUT2D eigenvalue weighted by Crippen LogP contribution is -2.55. The number of carbonyl (C=O) groups is 2. The van der Waals surface area contributed by atoms with Gasteiger partial charge in [0.25, 0.3) is 0 Å². The Morgan fingerprint density at radius 2 is 1.71 bits per heavy atom. The van der Waals surface area contributed by atoms with Crippen LogP contribution >= 0.6 is 0 Å². The molecule has 0 bridgehead atoms. The molecule has 1 aromatic rings. The fourth-order valence-corrected chi connectivity index (χ4v) is 3.22. The van der Waals surface area contributed by atoms with Gasteiger partial charge in [-0.25, -0.2) is 19.5 Å². The number of amides is 3. The van der Waals surface area contributed by atoms with Gasteiger partial charge in [-0.2, -0.15) is 4.98 Å². The highest BCUT2D eigenvalue weighted by Crippen LogP contribution is 2.27. The monoisotopic (exact) mass is 506 g/mol. The van der Waals surface area contributed by atoms with Gasteiger partial charge in [0, 0.05) is 0 Å². The Kier molecular flexibility index (Phi) is 9.50. The standard InChI is InChI=1S/C8H14N4O6.C8H12N4O5/c9-7(11-2-14)12(8(10)17)6-5(16)4(15)3(1-13)18-6;9-7-10-2-12(8(16)11-7)6-5(15)4(14)3(1-13)17-6/h2-6,13,15-16H,1H2,(H2,10,17)(H2,9,11,14);2-6,13-15H,1H2,(H2,9,11,16)/t3-,4-,5-,6?;3-,4-,5-,6-/m11/s1. The van der Waals surface area contributed by atoms with Crippen molar-refractivity contribution >= 4 is 24.3 Å². The SMILES string of the molecule is N=C(NC=O)N(C(N)=O)C1O[C@H](CO)[C@@H](O)[C@H]1O.Nc1ncn([C@@H]2O[C@H](CO)[C@@H](O)[C@H]2O)c(=O)n1. The van der Waals surface area contributed by atoms with Gasteiger partial charge in [0.2, 0.25) is 18.3 Å². The number of carbonyl (C=O) groups excluding carboxylic acids is 2. The summed E-state index contributed by atoms with van der Waals surface area (Å²) in [6.45, 7) is -1.06. The molecule has 2 saturated heterocycles. The second-order valence-corrected chi connectivity index (χ2v) is 7.18. The van der Waals surface area contributed by atoms with E-state index < -0.39 is 80.0 Å². The van der Waals surface area contributed by atoms with Gasteiger partial charge in [-0.3, -0.25) is 20.1 Å². The Morgan fingerprint density at radius 3 is 2.17 bits per heavy atom. The Morgan fingerprint density at radius 1 is 1.14 bits per heavy atom. The summed E-state index contributed by atoms with van der Waals surface area (Å²) < 4.78 is 11.0. The zero-order valence-electron chi connectivity index (χ0n) is 17.9. The number of urea groups is 1. The van der Waals surface area contributed by atoms with E-state index >= 15 is 0 Å². The lowest BCUT2D eigenvalue weighted by molar-refractivity contribution is -0.108. The number of nitrogen functional groups attached to an aromatic ring is 1. The number of ether oxygens (including phenoxy) is 2. The number of rotatable bonds is 5.